The first kappa shape index (κ1) is 25.7. The number of unbranched alkanes of at least 4 members (excludes halogenated alkanes) is 2. The normalized spacial score (nSPS) is 11.4. The number of nitrogens with two attached hydrogens (primary N) is 1. The molecular formula is C24H30N6O2S2. The minimum absolute atomic E-state index is 0.0667. The van der Waals surface area contributed by atoms with E-state index in [1.54, 1.807) is 12.1 Å². The zero-order chi connectivity index (χ0) is 24.2. The molecule has 0 atom stereocenters. The summed E-state index contributed by atoms with van der Waals surface area (Å²) in [6.45, 7) is 3.27. The molecule has 0 amide bonds. The van der Waals surface area contributed by atoms with E-state index in [2.05, 4.69) is 25.5 Å². The number of nitrogens with zero attached hydrogens (tertiary/aromatic N) is 3. The minimum atomic E-state index is -3.70. The molecule has 34 heavy (non-hydrogen) atoms. The van der Waals surface area contributed by atoms with Crippen molar-refractivity contribution in [1.29, 1.82) is 0 Å². The van der Waals surface area contributed by atoms with Crippen LogP contribution < -0.4 is 15.8 Å². The van der Waals surface area contributed by atoms with Crippen LogP contribution >= 0.6 is 12.2 Å². The van der Waals surface area contributed by atoms with Crippen LogP contribution in [0.5, 0.6) is 0 Å². The number of hydrogen-bond acceptors (Lipinski definition) is 6. The van der Waals surface area contributed by atoms with Crippen LogP contribution in [0.25, 0.3) is 0 Å². The number of thiocarbonyl (C=S) groups is 1. The number of benzene rings is 1. The van der Waals surface area contributed by atoms with Crippen molar-refractivity contribution in [2.24, 2.45) is 5.14 Å². The molecule has 0 unspecified atom stereocenters. The van der Waals surface area contributed by atoms with Gasteiger partial charge in [0.25, 0.3) is 0 Å². The smallest absolute Gasteiger partial charge is 0.238 e. The van der Waals surface area contributed by atoms with E-state index in [4.69, 9.17) is 17.4 Å². The lowest BCUT2D eigenvalue weighted by Gasteiger charge is -2.21. The number of sulfonamides is 1. The number of hydrogen-bond donors (Lipinski definition) is 3. The topological polar surface area (TPSA) is 113 Å². The van der Waals surface area contributed by atoms with Crippen LogP contribution in [0.15, 0.2) is 78.0 Å². The van der Waals surface area contributed by atoms with Crippen molar-refractivity contribution in [3.8, 4) is 0 Å². The maximum absolute atomic E-state index is 11.3. The highest BCUT2D eigenvalue weighted by molar-refractivity contribution is 7.89. The van der Waals surface area contributed by atoms with Gasteiger partial charge >= 0.3 is 0 Å². The molecule has 1 aromatic carbocycles. The Morgan fingerprint density at radius 1 is 0.882 bits per heavy atom. The lowest BCUT2D eigenvalue weighted by molar-refractivity contribution is 0.245. The van der Waals surface area contributed by atoms with Crippen molar-refractivity contribution >= 4 is 33.0 Å². The van der Waals surface area contributed by atoms with E-state index in [1.165, 1.54) is 12.1 Å². The summed E-state index contributed by atoms with van der Waals surface area (Å²) in [4.78, 5) is 11.4. The molecule has 0 saturated heterocycles. The molecule has 0 saturated carbocycles. The fourth-order valence-corrected chi connectivity index (χ4v) is 4.13. The monoisotopic (exact) mass is 498 g/mol. The minimum Gasteiger partial charge on any atom is -0.362 e. The Hall–Kier alpha value is -2.92. The van der Waals surface area contributed by atoms with Crippen LogP contribution in [-0.2, 0) is 23.1 Å². The van der Waals surface area contributed by atoms with Crippen molar-refractivity contribution in [1.82, 2.24) is 20.2 Å². The van der Waals surface area contributed by atoms with Crippen LogP contribution in [0.4, 0.5) is 5.69 Å². The van der Waals surface area contributed by atoms with E-state index >= 15 is 0 Å². The molecule has 3 aromatic rings. The van der Waals surface area contributed by atoms with Crippen LogP contribution in [-0.4, -0.2) is 41.5 Å². The summed E-state index contributed by atoms with van der Waals surface area (Å²) in [6, 6.07) is 18.1. The Labute approximate surface area is 206 Å². The first-order valence-corrected chi connectivity index (χ1v) is 13.1. The SMILES string of the molecule is NS(=O)(=O)c1ccc(NC(=S)NCCCCCN(Cc2ccccn2)Cc2ccccn2)cc1. The van der Waals surface area contributed by atoms with Gasteiger partial charge in [-0.1, -0.05) is 18.6 Å². The van der Waals surface area contributed by atoms with Crippen LogP contribution in [0.1, 0.15) is 30.7 Å². The number of aromatic nitrogens is 2. The van der Waals surface area contributed by atoms with Gasteiger partial charge < -0.3 is 10.6 Å². The van der Waals surface area contributed by atoms with Gasteiger partial charge in [-0.3, -0.25) is 14.9 Å². The van der Waals surface area contributed by atoms with Crippen LogP contribution in [0, 0.1) is 0 Å². The van der Waals surface area contributed by atoms with Crippen LogP contribution in [0.3, 0.4) is 0 Å². The lowest BCUT2D eigenvalue weighted by Crippen LogP contribution is -2.29. The van der Waals surface area contributed by atoms with Gasteiger partial charge in [0.15, 0.2) is 5.11 Å². The highest BCUT2D eigenvalue weighted by Gasteiger charge is 2.09. The predicted octanol–water partition coefficient (Wildman–Crippen LogP) is 3.28. The molecule has 8 nitrogen and oxygen atoms in total. The molecule has 3 rings (SSSR count). The summed E-state index contributed by atoms with van der Waals surface area (Å²) in [7, 11) is -3.70. The first-order valence-electron chi connectivity index (χ1n) is 11.1. The van der Waals surface area contributed by atoms with E-state index in [0.717, 1.165) is 56.8 Å². The van der Waals surface area contributed by atoms with Crippen molar-refractivity contribution in [3.05, 3.63) is 84.4 Å². The molecule has 0 fully saturated rings. The van der Waals surface area contributed by atoms with Gasteiger partial charge in [0.05, 0.1) is 16.3 Å². The van der Waals surface area contributed by atoms with E-state index in [9.17, 15) is 8.42 Å². The van der Waals surface area contributed by atoms with Crippen molar-refractivity contribution in [2.45, 2.75) is 37.2 Å². The van der Waals surface area contributed by atoms with E-state index < -0.39 is 10.0 Å². The summed E-state index contributed by atoms with van der Waals surface area (Å²) >= 11 is 5.32. The Morgan fingerprint density at radius 2 is 1.50 bits per heavy atom. The van der Waals surface area contributed by atoms with Gasteiger partial charge in [-0.05, 0) is 80.1 Å². The average Bonchev–Trinajstić information content (AvgIpc) is 2.82. The number of primary sulfonamides is 1. The average molecular weight is 499 g/mol. The number of nitrogens with one attached hydrogen (secondary N) is 2. The van der Waals surface area contributed by atoms with E-state index in [0.29, 0.717) is 10.8 Å². The van der Waals surface area contributed by atoms with E-state index in [1.807, 2.05) is 48.8 Å². The van der Waals surface area contributed by atoms with Gasteiger partial charge in [0, 0.05) is 37.7 Å². The molecule has 2 heterocycles. The Morgan fingerprint density at radius 3 is 2.03 bits per heavy atom. The Kier molecular flexibility index (Phi) is 9.89. The molecule has 2 aromatic heterocycles. The molecule has 4 N–H and O–H groups in total. The third kappa shape index (κ3) is 9.14. The quantitative estimate of drug-likeness (QED) is 0.258. The third-order valence-corrected chi connectivity index (χ3v) is 6.28. The van der Waals surface area contributed by atoms with Crippen molar-refractivity contribution in [3.63, 3.8) is 0 Å². The molecule has 10 heteroatoms. The van der Waals surface area contributed by atoms with Gasteiger partial charge in [-0.2, -0.15) is 0 Å². The zero-order valence-electron chi connectivity index (χ0n) is 18.9. The van der Waals surface area contributed by atoms with Gasteiger partial charge in [-0.15, -0.1) is 0 Å². The molecule has 0 radical (unpaired) electrons. The maximum atomic E-state index is 11.3. The molecule has 0 aliphatic heterocycles. The molecular weight excluding hydrogens is 468 g/mol. The Bertz CT molecular complexity index is 1090. The summed E-state index contributed by atoms with van der Waals surface area (Å²) in [5.74, 6) is 0. The molecule has 0 spiro atoms. The number of pyridine rings is 2. The van der Waals surface area contributed by atoms with Crippen molar-refractivity contribution in [2.75, 3.05) is 18.4 Å². The lowest BCUT2D eigenvalue weighted by atomic mass is 10.2. The summed E-state index contributed by atoms with van der Waals surface area (Å²) in [5.41, 5.74) is 2.80. The third-order valence-electron chi connectivity index (χ3n) is 5.10. The van der Waals surface area contributed by atoms with Gasteiger partial charge in [-0.25, -0.2) is 13.6 Å². The number of anilines is 1. The van der Waals surface area contributed by atoms with Crippen LogP contribution in [0.2, 0.25) is 0 Å². The number of rotatable bonds is 12. The second-order valence-electron chi connectivity index (χ2n) is 7.86. The van der Waals surface area contributed by atoms with Gasteiger partial charge in [0.1, 0.15) is 0 Å². The zero-order valence-corrected chi connectivity index (χ0v) is 20.6. The largest absolute Gasteiger partial charge is 0.362 e. The molecule has 180 valence electrons. The molecule has 0 bridgehead atoms. The summed E-state index contributed by atoms with van der Waals surface area (Å²) in [5, 5.41) is 11.8. The Balaban J connectivity index is 1.38. The standard InChI is InChI=1S/C24H30N6O2S2/c25-34(31,32)23-12-10-20(11-13-23)29-24(33)28-16-4-1-7-17-30(18-21-8-2-5-14-26-21)19-22-9-3-6-15-27-22/h2-3,5-6,8-15H,1,4,7,16-19H2,(H2,25,31,32)(H2,28,29,33). The van der Waals surface area contributed by atoms with Crippen molar-refractivity contribution < 1.29 is 8.42 Å². The molecule has 0 aliphatic rings. The highest BCUT2D eigenvalue weighted by Crippen LogP contribution is 2.13. The highest BCUT2D eigenvalue weighted by atomic mass is 32.2. The summed E-state index contributed by atoms with van der Waals surface area (Å²) in [6.07, 6.45) is 6.74. The first-order chi connectivity index (χ1) is 16.4. The van der Waals surface area contributed by atoms with E-state index in [-0.39, 0.29) is 4.90 Å². The summed E-state index contributed by atoms with van der Waals surface area (Å²) < 4.78 is 22.7. The van der Waals surface area contributed by atoms with Gasteiger partial charge in [0.2, 0.25) is 10.0 Å². The second-order valence-corrected chi connectivity index (χ2v) is 9.83. The predicted molar refractivity (Wildman–Crippen MR) is 138 cm³/mol. The fraction of sp³-hybridized carbons (Fsp3) is 0.292. The second kappa shape index (κ2) is 13.1. The maximum Gasteiger partial charge on any atom is 0.238 e. The fourth-order valence-electron chi connectivity index (χ4n) is 3.40. The molecule has 0 aliphatic carbocycles.